The van der Waals surface area contributed by atoms with Gasteiger partial charge in [-0.25, -0.2) is 0 Å². The van der Waals surface area contributed by atoms with Crippen LogP contribution in [0.3, 0.4) is 0 Å². The van der Waals surface area contributed by atoms with Gasteiger partial charge in [-0.3, -0.25) is 9.59 Å². The van der Waals surface area contributed by atoms with Crippen molar-refractivity contribution >= 4 is 56.4 Å². The highest BCUT2D eigenvalue weighted by Gasteiger charge is 2.34. The predicted octanol–water partition coefficient (Wildman–Crippen LogP) is 4.78. The highest BCUT2D eigenvalue weighted by Crippen LogP contribution is 2.35. The van der Waals surface area contributed by atoms with Gasteiger partial charge in [0.25, 0.3) is 11.8 Å². The quantitative estimate of drug-likeness (QED) is 0.579. The van der Waals surface area contributed by atoms with Gasteiger partial charge in [0.2, 0.25) is 5.01 Å². The third kappa shape index (κ3) is 3.96. The fourth-order valence-corrected chi connectivity index (χ4v) is 4.43. The van der Waals surface area contributed by atoms with Crippen molar-refractivity contribution in [3.05, 3.63) is 61.9 Å². The van der Waals surface area contributed by atoms with Crippen molar-refractivity contribution in [3.63, 3.8) is 0 Å². The number of hydrogen-bond donors (Lipinski definition) is 1. The summed E-state index contributed by atoms with van der Waals surface area (Å²) >= 11 is 10.3. The second-order valence-corrected chi connectivity index (χ2v) is 8.40. The number of anilines is 1. The number of nitrogens with zero attached hydrogens (tertiary/aromatic N) is 3. The molecule has 1 saturated heterocycles. The normalized spacial score (nSPS) is 16.4. The Bertz CT molecular complexity index is 1040. The van der Waals surface area contributed by atoms with E-state index < -0.39 is 0 Å². The van der Waals surface area contributed by atoms with Crippen molar-refractivity contribution in [2.24, 2.45) is 0 Å². The molecular formula is C18H14BrClN4O3S. The first-order valence-electron chi connectivity index (χ1n) is 8.48. The summed E-state index contributed by atoms with van der Waals surface area (Å²) in [5.74, 6) is -0.299. The van der Waals surface area contributed by atoms with Crippen molar-refractivity contribution < 1.29 is 14.0 Å². The third-order valence-electron chi connectivity index (χ3n) is 4.30. The van der Waals surface area contributed by atoms with E-state index in [9.17, 15) is 9.59 Å². The number of nitrogens with one attached hydrogen (secondary N) is 1. The molecule has 4 rings (SSSR count). The summed E-state index contributed by atoms with van der Waals surface area (Å²) in [4.78, 5) is 26.9. The zero-order chi connectivity index (χ0) is 19.7. The molecule has 144 valence electrons. The summed E-state index contributed by atoms with van der Waals surface area (Å²) < 4.78 is 5.88. The number of hydrogen-bond acceptors (Lipinski definition) is 6. The van der Waals surface area contributed by atoms with Gasteiger partial charge in [-0.15, -0.1) is 10.2 Å². The number of rotatable bonds is 4. The monoisotopic (exact) mass is 480 g/mol. The maximum absolute atomic E-state index is 12.7. The maximum atomic E-state index is 12.7. The fraction of sp³-hybridized carbons (Fsp3) is 0.222. The van der Waals surface area contributed by atoms with E-state index in [1.807, 2.05) is 0 Å². The average Bonchev–Trinajstić information content (AvgIpc) is 3.41. The average molecular weight is 482 g/mol. The summed E-state index contributed by atoms with van der Waals surface area (Å²) in [5, 5.41) is 12.3. The summed E-state index contributed by atoms with van der Waals surface area (Å²) in [5.41, 5.74) is 0.579. The largest absolute Gasteiger partial charge is 0.444 e. The molecule has 1 aliphatic rings. The van der Waals surface area contributed by atoms with E-state index in [-0.39, 0.29) is 28.6 Å². The van der Waals surface area contributed by atoms with Gasteiger partial charge < -0.3 is 14.6 Å². The second-order valence-electron chi connectivity index (χ2n) is 6.17. The number of benzene rings is 1. The minimum absolute atomic E-state index is 0.201. The minimum Gasteiger partial charge on any atom is -0.444 e. The van der Waals surface area contributed by atoms with Crippen LogP contribution in [0.5, 0.6) is 0 Å². The van der Waals surface area contributed by atoms with Crippen molar-refractivity contribution in [1.82, 2.24) is 15.1 Å². The molecule has 1 atom stereocenters. The number of amides is 2. The highest BCUT2D eigenvalue weighted by atomic mass is 79.9. The van der Waals surface area contributed by atoms with Gasteiger partial charge in [-0.1, -0.05) is 29.0 Å². The number of furan rings is 1. The molecular weight excluding hydrogens is 468 g/mol. The molecule has 2 aromatic heterocycles. The Morgan fingerprint density at radius 1 is 1.29 bits per heavy atom. The summed E-state index contributed by atoms with van der Waals surface area (Å²) in [6.45, 7) is 0.603. The lowest BCUT2D eigenvalue weighted by atomic mass is 10.2. The topological polar surface area (TPSA) is 88.3 Å². The van der Waals surface area contributed by atoms with Crippen LogP contribution in [0, 0.1) is 0 Å². The Balaban J connectivity index is 1.50. The molecule has 7 nitrogen and oxygen atoms in total. The van der Waals surface area contributed by atoms with Crippen molar-refractivity contribution in [2.45, 2.75) is 18.9 Å². The lowest BCUT2D eigenvalue weighted by Crippen LogP contribution is -2.30. The van der Waals surface area contributed by atoms with Gasteiger partial charge >= 0.3 is 0 Å². The van der Waals surface area contributed by atoms with Crippen molar-refractivity contribution in [3.8, 4) is 0 Å². The Labute approximate surface area is 177 Å². The smallest absolute Gasteiger partial charge is 0.290 e. The Morgan fingerprint density at radius 2 is 2.14 bits per heavy atom. The molecule has 1 fully saturated rings. The van der Waals surface area contributed by atoms with E-state index in [0.29, 0.717) is 26.9 Å². The Hall–Kier alpha value is -2.23. The van der Waals surface area contributed by atoms with Crippen LogP contribution in [0.2, 0.25) is 5.02 Å². The van der Waals surface area contributed by atoms with Crippen molar-refractivity contribution in [1.29, 1.82) is 0 Å². The molecule has 0 aliphatic carbocycles. The van der Waals surface area contributed by atoms with Crippen LogP contribution in [0.15, 0.2) is 45.5 Å². The van der Waals surface area contributed by atoms with Gasteiger partial charge in [0.05, 0.1) is 6.04 Å². The lowest BCUT2D eigenvalue weighted by Gasteiger charge is -2.21. The van der Waals surface area contributed by atoms with Gasteiger partial charge in [0.1, 0.15) is 5.01 Å². The Kier molecular flexibility index (Phi) is 5.47. The van der Waals surface area contributed by atoms with Crippen LogP contribution >= 0.6 is 38.9 Å². The van der Waals surface area contributed by atoms with Crippen molar-refractivity contribution in [2.75, 3.05) is 11.9 Å². The van der Waals surface area contributed by atoms with Crippen LogP contribution in [0.4, 0.5) is 5.69 Å². The molecule has 0 bridgehead atoms. The third-order valence-corrected chi connectivity index (χ3v) is 5.98. The molecule has 0 unspecified atom stereocenters. The highest BCUT2D eigenvalue weighted by molar-refractivity contribution is 9.10. The number of aromatic nitrogens is 2. The Morgan fingerprint density at radius 3 is 2.89 bits per heavy atom. The SMILES string of the molecule is O=C(Nc1cccc(Cl)c1)c1nnc([C@@H]2CCCN2C(=O)c2ccc(Br)o2)s1. The zero-order valence-corrected chi connectivity index (χ0v) is 17.6. The predicted molar refractivity (Wildman–Crippen MR) is 109 cm³/mol. The van der Waals surface area contributed by atoms with Gasteiger partial charge in [-0.2, -0.15) is 0 Å². The molecule has 2 amide bonds. The molecule has 0 radical (unpaired) electrons. The van der Waals surface area contributed by atoms with Crippen LogP contribution in [-0.4, -0.2) is 33.5 Å². The van der Waals surface area contributed by atoms with E-state index in [0.717, 1.165) is 12.8 Å². The van der Waals surface area contributed by atoms with Gasteiger partial charge in [0, 0.05) is 17.3 Å². The second kappa shape index (κ2) is 8.02. The molecule has 3 aromatic rings. The number of halogens is 2. The number of carbonyl (C=O) groups is 2. The van der Waals surface area contributed by atoms with Gasteiger partial charge in [0.15, 0.2) is 10.4 Å². The summed E-state index contributed by atoms with van der Waals surface area (Å²) in [6, 6.07) is 9.96. The molecule has 0 saturated carbocycles. The molecule has 1 aromatic carbocycles. The van der Waals surface area contributed by atoms with E-state index in [4.69, 9.17) is 16.0 Å². The first-order valence-corrected chi connectivity index (χ1v) is 10.5. The molecule has 0 spiro atoms. The zero-order valence-electron chi connectivity index (χ0n) is 14.4. The summed E-state index contributed by atoms with van der Waals surface area (Å²) in [6.07, 6.45) is 1.61. The first-order chi connectivity index (χ1) is 13.5. The molecule has 1 N–H and O–H groups in total. The van der Waals surface area contributed by atoms with E-state index in [2.05, 4.69) is 31.4 Å². The van der Waals surface area contributed by atoms with E-state index in [1.165, 1.54) is 11.3 Å². The molecule has 10 heteroatoms. The molecule has 1 aliphatic heterocycles. The number of likely N-dealkylation sites (tertiary alicyclic amines) is 1. The standard InChI is InChI=1S/C18H14BrClN4O3S/c19-14-7-6-13(27-14)18(26)24-8-2-5-12(24)16-22-23-17(28-16)15(25)21-11-4-1-3-10(20)9-11/h1,3-4,6-7,9,12H,2,5,8H2,(H,21,25)/t12-/m0/s1. The van der Waals surface area contributed by atoms with E-state index in [1.54, 1.807) is 41.3 Å². The fourth-order valence-electron chi connectivity index (χ4n) is 3.05. The van der Waals surface area contributed by atoms with Gasteiger partial charge in [-0.05, 0) is 59.1 Å². The van der Waals surface area contributed by atoms with Crippen LogP contribution < -0.4 is 5.32 Å². The molecule has 3 heterocycles. The van der Waals surface area contributed by atoms with Crippen LogP contribution in [0.25, 0.3) is 0 Å². The van der Waals surface area contributed by atoms with Crippen LogP contribution in [0.1, 0.15) is 44.2 Å². The minimum atomic E-state index is -0.364. The maximum Gasteiger partial charge on any atom is 0.290 e. The molecule has 28 heavy (non-hydrogen) atoms. The lowest BCUT2D eigenvalue weighted by molar-refractivity contribution is 0.0701. The first kappa shape index (κ1) is 19.1. The van der Waals surface area contributed by atoms with E-state index >= 15 is 0 Å². The van der Waals surface area contributed by atoms with Crippen LogP contribution in [-0.2, 0) is 0 Å². The summed E-state index contributed by atoms with van der Waals surface area (Å²) in [7, 11) is 0. The number of carbonyl (C=O) groups excluding carboxylic acids is 2.